The molecule has 16 heavy (non-hydrogen) atoms. The van der Waals surface area contributed by atoms with Crippen molar-refractivity contribution < 1.29 is 4.74 Å². The Labute approximate surface area is 95.5 Å². The quantitative estimate of drug-likeness (QED) is 0.853. The maximum atomic E-state index is 5.78. The summed E-state index contributed by atoms with van der Waals surface area (Å²) in [5, 5.41) is 0. The molecule has 1 atom stereocenters. The number of ether oxygens (including phenoxy) is 1. The van der Waals surface area contributed by atoms with E-state index in [1.807, 2.05) is 12.1 Å². The third-order valence-corrected chi connectivity index (χ3v) is 2.67. The Morgan fingerprint density at radius 1 is 1.38 bits per heavy atom. The molecule has 0 bridgehead atoms. The van der Waals surface area contributed by atoms with Crippen LogP contribution in [0.3, 0.4) is 0 Å². The van der Waals surface area contributed by atoms with Gasteiger partial charge < -0.3 is 9.72 Å². The SMILES string of the molecule is Cc1ccccc1C(C)OCc1cnc[nH]1. The summed E-state index contributed by atoms with van der Waals surface area (Å²) in [5.41, 5.74) is 3.50. The van der Waals surface area contributed by atoms with Crippen LogP contribution >= 0.6 is 0 Å². The van der Waals surface area contributed by atoms with Gasteiger partial charge in [-0.15, -0.1) is 0 Å². The lowest BCUT2D eigenvalue weighted by Gasteiger charge is -2.15. The fraction of sp³-hybridized carbons (Fsp3) is 0.308. The first kappa shape index (κ1) is 10.9. The lowest BCUT2D eigenvalue weighted by molar-refractivity contribution is 0.0503. The number of nitrogens with one attached hydrogen (secondary N) is 1. The molecule has 0 saturated carbocycles. The van der Waals surface area contributed by atoms with Gasteiger partial charge in [-0.3, -0.25) is 0 Å². The number of nitrogens with zero attached hydrogens (tertiary/aromatic N) is 1. The van der Waals surface area contributed by atoms with E-state index in [2.05, 4.69) is 35.9 Å². The summed E-state index contributed by atoms with van der Waals surface area (Å²) in [7, 11) is 0. The van der Waals surface area contributed by atoms with Crippen molar-refractivity contribution in [3.8, 4) is 0 Å². The lowest BCUT2D eigenvalue weighted by Crippen LogP contribution is -2.02. The van der Waals surface area contributed by atoms with Crippen LogP contribution in [0.5, 0.6) is 0 Å². The number of benzene rings is 1. The second kappa shape index (κ2) is 4.94. The molecule has 0 radical (unpaired) electrons. The number of hydrogen-bond donors (Lipinski definition) is 1. The highest BCUT2D eigenvalue weighted by molar-refractivity contribution is 5.27. The zero-order chi connectivity index (χ0) is 11.4. The Kier molecular flexibility index (Phi) is 3.37. The average molecular weight is 216 g/mol. The highest BCUT2D eigenvalue weighted by atomic mass is 16.5. The molecule has 0 spiro atoms. The second-order valence-corrected chi connectivity index (χ2v) is 3.89. The fourth-order valence-corrected chi connectivity index (χ4v) is 1.71. The highest BCUT2D eigenvalue weighted by Crippen LogP contribution is 2.21. The number of rotatable bonds is 4. The van der Waals surface area contributed by atoms with Gasteiger partial charge in [-0.2, -0.15) is 0 Å². The Hall–Kier alpha value is -1.61. The Balaban J connectivity index is 1.98. The number of hydrogen-bond acceptors (Lipinski definition) is 2. The molecule has 3 heteroatoms. The molecule has 3 nitrogen and oxygen atoms in total. The van der Waals surface area contributed by atoms with Crippen molar-refractivity contribution in [2.75, 3.05) is 0 Å². The molecular formula is C13H16N2O. The smallest absolute Gasteiger partial charge is 0.0922 e. The molecule has 1 heterocycles. The third-order valence-electron chi connectivity index (χ3n) is 2.67. The lowest BCUT2D eigenvalue weighted by atomic mass is 10.0. The van der Waals surface area contributed by atoms with Gasteiger partial charge in [0.2, 0.25) is 0 Å². The van der Waals surface area contributed by atoms with E-state index in [1.54, 1.807) is 12.5 Å². The van der Waals surface area contributed by atoms with Gasteiger partial charge in [0.25, 0.3) is 0 Å². The predicted octanol–water partition coefficient (Wildman–Crippen LogP) is 3.00. The molecular weight excluding hydrogens is 200 g/mol. The van der Waals surface area contributed by atoms with E-state index in [-0.39, 0.29) is 6.10 Å². The second-order valence-electron chi connectivity index (χ2n) is 3.89. The molecule has 0 aliphatic heterocycles. The van der Waals surface area contributed by atoms with E-state index in [1.165, 1.54) is 11.1 Å². The van der Waals surface area contributed by atoms with Gasteiger partial charge in [0.05, 0.1) is 30.9 Å². The number of H-pyrrole nitrogens is 1. The molecule has 84 valence electrons. The molecule has 0 saturated heterocycles. The Morgan fingerprint density at radius 2 is 2.19 bits per heavy atom. The zero-order valence-electron chi connectivity index (χ0n) is 9.60. The molecule has 0 aliphatic rings. The summed E-state index contributed by atoms with van der Waals surface area (Å²) in [6.07, 6.45) is 3.55. The monoisotopic (exact) mass is 216 g/mol. The average Bonchev–Trinajstić information content (AvgIpc) is 2.79. The molecule has 1 aromatic heterocycles. The van der Waals surface area contributed by atoms with Crippen molar-refractivity contribution in [2.24, 2.45) is 0 Å². The summed E-state index contributed by atoms with van der Waals surface area (Å²) in [6, 6.07) is 8.29. The number of aromatic nitrogens is 2. The minimum atomic E-state index is 0.101. The number of aromatic amines is 1. The van der Waals surface area contributed by atoms with E-state index in [4.69, 9.17) is 4.74 Å². The molecule has 1 N–H and O–H groups in total. The van der Waals surface area contributed by atoms with Gasteiger partial charge in [0.1, 0.15) is 0 Å². The zero-order valence-corrected chi connectivity index (χ0v) is 9.60. The number of aryl methyl sites for hydroxylation is 1. The Morgan fingerprint density at radius 3 is 2.88 bits per heavy atom. The van der Waals surface area contributed by atoms with Crippen LogP contribution in [0, 0.1) is 6.92 Å². The van der Waals surface area contributed by atoms with Gasteiger partial charge in [-0.1, -0.05) is 24.3 Å². The minimum absolute atomic E-state index is 0.101. The molecule has 2 aromatic rings. The van der Waals surface area contributed by atoms with Crippen molar-refractivity contribution >= 4 is 0 Å². The summed E-state index contributed by atoms with van der Waals surface area (Å²) in [5.74, 6) is 0. The van der Waals surface area contributed by atoms with Crippen LogP contribution in [0.25, 0.3) is 0 Å². The molecule has 0 fully saturated rings. The predicted molar refractivity (Wildman–Crippen MR) is 63.0 cm³/mol. The van der Waals surface area contributed by atoms with Gasteiger partial charge in [0, 0.05) is 0 Å². The fourth-order valence-electron chi connectivity index (χ4n) is 1.71. The van der Waals surface area contributed by atoms with Gasteiger partial charge in [-0.25, -0.2) is 4.98 Å². The van der Waals surface area contributed by atoms with Crippen LogP contribution < -0.4 is 0 Å². The molecule has 2 rings (SSSR count). The highest BCUT2D eigenvalue weighted by Gasteiger charge is 2.08. The van der Waals surface area contributed by atoms with E-state index in [0.717, 1.165) is 5.69 Å². The van der Waals surface area contributed by atoms with E-state index < -0.39 is 0 Å². The van der Waals surface area contributed by atoms with Gasteiger partial charge in [0.15, 0.2) is 0 Å². The van der Waals surface area contributed by atoms with Crippen LogP contribution in [0.4, 0.5) is 0 Å². The normalized spacial score (nSPS) is 12.6. The van der Waals surface area contributed by atoms with Crippen LogP contribution in [-0.2, 0) is 11.3 Å². The maximum Gasteiger partial charge on any atom is 0.0922 e. The topological polar surface area (TPSA) is 37.9 Å². The number of imidazole rings is 1. The Bertz CT molecular complexity index is 437. The first-order chi connectivity index (χ1) is 7.77. The maximum absolute atomic E-state index is 5.78. The largest absolute Gasteiger partial charge is 0.368 e. The molecule has 1 unspecified atom stereocenters. The molecule has 1 aromatic carbocycles. The van der Waals surface area contributed by atoms with Crippen molar-refractivity contribution in [1.82, 2.24) is 9.97 Å². The van der Waals surface area contributed by atoms with Crippen molar-refractivity contribution in [3.05, 3.63) is 53.6 Å². The van der Waals surface area contributed by atoms with E-state index in [9.17, 15) is 0 Å². The van der Waals surface area contributed by atoms with Crippen molar-refractivity contribution in [2.45, 2.75) is 26.6 Å². The van der Waals surface area contributed by atoms with Gasteiger partial charge in [-0.05, 0) is 25.0 Å². The van der Waals surface area contributed by atoms with Crippen molar-refractivity contribution in [1.29, 1.82) is 0 Å². The first-order valence-corrected chi connectivity index (χ1v) is 5.42. The van der Waals surface area contributed by atoms with Gasteiger partial charge >= 0.3 is 0 Å². The molecule has 0 amide bonds. The summed E-state index contributed by atoms with van der Waals surface area (Å²) in [6.45, 7) is 4.74. The van der Waals surface area contributed by atoms with Crippen LogP contribution in [0.2, 0.25) is 0 Å². The van der Waals surface area contributed by atoms with E-state index >= 15 is 0 Å². The van der Waals surface area contributed by atoms with E-state index in [0.29, 0.717) is 6.61 Å². The standard InChI is InChI=1S/C13H16N2O/c1-10-5-3-4-6-13(10)11(2)16-8-12-7-14-9-15-12/h3-7,9,11H,8H2,1-2H3,(H,14,15). The minimum Gasteiger partial charge on any atom is -0.368 e. The van der Waals surface area contributed by atoms with Crippen molar-refractivity contribution in [3.63, 3.8) is 0 Å². The van der Waals surface area contributed by atoms with Crippen LogP contribution in [0.15, 0.2) is 36.8 Å². The summed E-state index contributed by atoms with van der Waals surface area (Å²) in [4.78, 5) is 6.98. The summed E-state index contributed by atoms with van der Waals surface area (Å²) >= 11 is 0. The third kappa shape index (κ3) is 2.49. The van der Waals surface area contributed by atoms with Crippen LogP contribution in [0.1, 0.15) is 29.8 Å². The van der Waals surface area contributed by atoms with Crippen LogP contribution in [-0.4, -0.2) is 9.97 Å². The molecule has 0 aliphatic carbocycles. The first-order valence-electron chi connectivity index (χ1n) is 5.42. The summed E-state index contributed by atoms with van der Waals surface area (Å²) < 4.78 is 5.78.